The highest BCUT2D eigenvalue weighted by atomic mass is 32.2. The molecule has 18 heavy (non-hydrogen) atoms. The number of hydrogen-bond donors (Lipinski definition) is 4. The van der Waals surface area contributed by atoms with Gasteiger partial charge in [0.15, 0.2) is 6.29 Å². The molecule has 8 heteroatoms. The maximum absolute atomic E-state index is 10.7. The molecule has 0 bridgehead atoms. The fourth-order valence-electron chi connectivity index (χ4n) is 1.53. The second kappa shape index (κ2) is 7.29. The Morgan fingerprint density at radius 3 is 2.50 bits per heavy atom. The van der Waals surface area contributed by atoms with Crippen molar-refractivity contribution in [2.45, 2.75) is 30.7 Å². The molecule has 0 radical (unpaired) electrons. The first-order valence-corrected chi connectivity index (χ1v) is 7.00. The van der Waals surface area contributed by atoms with Crippen LogP contribution in [0.4, 0.5) is 0 Å². The van der Waals surface area contributed by atoms with Crippen molar-refractivity contribution in [2.24, 2.45) is 0 Å². The van der Waals surface area contributed by atoms with Gasteiger partial charge in [0.05, 0.1) is 13.2 Å². The third-order valence-electron chi connectivity index (χ3n) is 2.49. The van der Waals surface area contributed by atoms with Crippen LogP contribution in [0.25, 0.3) is 0 Å². The summed E-state index contributed by atoms with van der Waals surface area (Å²) >= 11 is 0. The van der Waals surface area contributed by atoms with Crippen molar-refractivity contribution in [3.05, 3.63) is 11.5 Å². The van der Waals surface area contributed by atoms with Crippen LogP contribution in [0.15, 0.2) is 11.5 Å². The van der Waals surface area contributed by atoms with Crippen molar-refractivity contribution >= 4 is 10.8 Å². The molecule has 1 unspecified atom stereocenters. The van der Waals surface area contributed by atoms with E-state index in [0.29, 0.717) is 0 Å². The van der Waals surface area contributed by atoms with Crippen LogP contribution in [0.5, 0.6) is 0 Å². The van der Waals surface area contributed by atoms with E-state index in [9.17, 15) is 19.5 Å². The predicted molar refractivity (Wildman–Crippen MR) is 62.9 cm³/mol. The van der Waals surface area contributed by atoms with Gasteiger partial charge in [0.2, 0.25) is 0 Å². The Labute approximate surface area is 107 Å². The minimum atomic E-state index is -1.45. The third-order valence-corrected chi connectivity index (χ3v) is 3.07. The van der Waals surface area contributed by atoms with Crippen LogP contribution in [0.3, 0.4) is 0 Å². The van der Waals surface area contributed by atoms with Crippen LogP contribution in [-0.2, 0) is 20.3 Å². The summed E-state index contributed by atoms with van der Waals surface area (Å²) in [6.07, 6.45) is -3.44. The van der Waals surface area contributed by atoms with Crippen LogP contribution in [0.1, 0.15) is 0 Å². The molecule has 0 aromatic carbocycles. The normalized spacial score (nSPS) is 39.1. The van der Waals surface area contributed by atoms with Crippen LogP contribution >= 0.6 is 0 Å². The first-order valence-electron chi connectivity index (χ1n) is 5.38. The molecule has 1 saturated heterocycles. The smallest absolute Gasteiger partial charge is 0.187 e. The lowest BCUT2D eigenvalue weighted by molar-refractivity contribution is -0.298. The van der Waals surface area contributed by atoms with E-state index in [-0.39, 0.29) is 6.61 Å². The summed E-state index contributed by atoms with van der Waals surface area (Å²) in [6.45, 7) is -0.470. The van der Waals surface area contributed by atoms with Crippen LogP contribution in [0, 0.1) is 0 Å². The Morgan fingerprint density at radius 1 is 1.28 bits per heavy atom. The number of ether oxygens (including phenoxy) is 2. The van der Waals surface area contributed by atoms with Crippen LogP contribution in [0.2, 0.25) is 0 Å². The predicted octanol–water partition coefficient (Wildman–Crippen LogP) is -2.30. The standard InChI is InChI=1S/C10H18O7S/c1-18(15)4-2-3-16-10-9(14)8(13)7(12)6(5-11)17-10/h2,4,6-14H,3,5H2,1H3/b4-2+/t6-,7-,8+,9-,10-,18?/m1/s1. The van der Waals surface area contributed by atoms with Gasteiger partial charge < -0.3 is 29.9 Å². The van der Waals surface area contributed by atoms with Crippen molar-refractivity contribution < 1.29 is 34.1 Å². The number of aliphatic hydroxyl groups is 4. The van der Waals surface area contributed by atoms with Crippen LogP contribution in [-0.4, -0.2) is 74.8 Å². The Balaban J connectivity index is 2.51. The molecule has 0 aliphatic carbocycles. The molecule has 106 valence electrons. The molecule has 1 aliphatic rings. The van der Waals surface area contributed by atoms with E-state index in [2.05, 4.69) is 0 Å². The van der Waals surface area contributed by atoms with Crippen LogP contribution < -0.4 is 0 Å². The molecule has 1 aliphatic heterocycles. The lowest BCUT2D eigenvalue weighted by Crippen LogP contribution is -2.59. The van der Waals surface area contributed by atoms with E-state index in [0.717, 1.165) is 0 Å². The van der Waals surface area contributed by atoms with Gasteiger partial charge >= 0.3 is 0 Å². The summed E-state index contributed by atoms with van der Waals surface area (Å²) in [6, 6.07) is 0. The molecular formula is C10H18O7S. The van der Waals surface area contributed by atoms with Gasteiger partial charge in [-0.3, -0.25) is 4.21 Å². The van der Waals surface area contributed by atoms with Gasteiger partial charge in [-0.05, 0) is 0 Å². The first kappa shape index (κ1) is 15.7. The Hall–Kier alpha value is -0.350. The molecule has 0 amide bonds. The van der Waals surface area contributed by atoms with Gasteiger partial charge in [0.25, 0.3) is 0 Å². The number of hydrogen-bond acceptors (Lipinski definition) is 7. The van der Waals surface area contributed by atoms with Crippen molar-refractivity contribution in [1.82, 2.24) is 0 Å². The first-order chi connectivity index (χ1) is 8.47. The summed E-state index contributed by atoms with van der Waals surface area (Å²) < 4.78 is 21.0. The van der Waals surface area contributed by atoms with E-state index in [1.807, 2.05) is 0 Å². The highest BCUT2D eigenvalue weighted by molar-refractivity contribution is 7.87. The maximum Gasteiger partial charge on any atom is 0.187 e. The Bertz CT molecular complexity index is 307. The van der Waals surface area contributed by atoms with Crippen molar-refractivity contribution in [1.29, 1.82) is 0 Å². The largest absolute Gasteiger partial charge is 0.394 e. The van der Waals surface area contributed by atoms with Gasteiger partial charge in [0.1, 0.15) is 24.4 Å². The van der Waals surface area contributed by atoms with E-state index in [4.69, 9.17) is 14.6 Å². The zero-order valence-corrected chi connectivity index (χ0v) is 10.7. The quantitative estimate of drug-likeness (QED) is 0.448. The lowest BCUT2D eigenvalue weighted by Gasteiger charge is -2.39. The van der Waals surface area contributed by atoms with Gasteiger partial charge in [-0.25, -0.2) is 0 Å². The molecule has 1 rings (SSSR count). The van der Waals surface area contributed by atoms with E-state index >= 15 is 0 Å². The minimum absolute atomic E-state index is 0.0300. The van der Waals surface area contributed by atoms with Crippen molar-refractivity contribution in [3.63, 3.8) is 0 Å². The number of aliphatic hydroxyl groups excluding tert-OH is 4. The molecule has 4 N–H and O–H groups in total. The molecule has 0 spiro atoms. The zero-order valence-electron chi connectivity index (χ0n) is 9.88. The summed E-state index contributed by atoms with van der Waals surface area (Å²) in [5.74, 6) is 0. The van der Waals surface area contributed by atoms with Gasteiger partial charge in [0, 0.05) is 22.5 Å². The maximum atomic E-state index is 10.7. The molecule has 0 aromatic heterocycles. The monoisotopic (exact) mass is 282 g/mol. The molecular weight excluding hydrogens is 264 g/mol. The second-order valence-electron chi connectivity index (χ2n) is 3.90. The highest BCUT2D eigenvalue weighted by Crippen LogP contribution is 2.21. The van der Waals surface area contributed by atoms with E-state index in [1.54, 1.807) is 0 Å². The summed E-state index contributed by atoms with van der Waals surface area (Å²) in [5.41, 5.74) is 0. The third kappa shape index (κ3) is 4.09. The average Bonchev–Trinajstić information content (AvgIpc) is 2.34. The van der Waals surface area contributed by atoms with E-state index < -0.39 is 48.1 Å². The fourth-order valence-corrected chi connectivity index (χ4v) is 1.88. The SMILES string of the molecule is CS(=O)/C=C/CO[C@@H]1O[C@H](CO)[C@@H](O)[C@H](O)[C@H]1O. The van der Waals surface area contributed by atoms with Gasteiger partial charge in [-0.1, -0.05) is 6.08 Å². The minimum Gasteiger partial charge on any atom is -0.394 e. The Morgan fingerprint density at radius 2 is 1.94 bits per heavy atom. The molecule has 0 saturated carbocycles. The summed E-state index contributed by atoms with van der Waals surface area (Å²) in [4.78, 5) is 0. The average molecular weight is 282 g/mol. The second-order valence-corrected chi connectivity index (χ2v) is 5.17. The topological polar surface area (TPSA) is 116 Å². The zero-order chi connectivity index (χ0) is 13.7. The molecule has 1 heterocycles. The Kier molecular flexibility index (Phi) is 6.36. The van der Waals surface area contributed by atoms with Crippen molar-refractivity contribution in [2.75, 3.05) is 19.5 Å². The van der Waals surface area contributed by atoms with Gasteiger partial charge in [-0.15, -0.1) is 0 Å². The van der Waals surface area contributed by atoms with Crippen molar-refractivity contribution in [3.8, 4) is 0 Å². The highest BCUT2D eigenvalue weighted by Gasteiger charge is 2.43. The fraction of sp³-hybridized carbons (Fsp3) is 0.800. The molecule has 0 aromatic rings. The lowest BCUT2D eigenvalue weighted by atomic mass is 9.99. The molecule has 1 fully saturated rings. The summed E-state index contributed by atoms with van der Waals surface area (Å²) in [7, 11) is -1.10. The molecule has 6 atom stereocenters. The van der Waals surface area contributed by atoms with Gasteiger partial charge in [-0.2, -0.15) is 0 Å². The molecule has 7 nitrogen and oxygen atoms in total. The summed E-state index contributed by atoms with van der Waals surface area (Å²) in [5, 5.41) is 38.9. The van der Waals surface area contributed by atoms with E-state index in [1.165, 1.54) is 17.7 Å². The number of rotatable bonds is 5.